The van der Waals surface area contributed by atoms with Crippen molar-refractivity contribution in [3.63, 3.8) is 0 Å². The van der Waals surface area contributed by atoms with Crippen LogP contribution in [-0.4, -0.2) is 0 Å². The Balaban J connectivity index is 0.0000000988. The van der Waals surface area contributed by atoms with Gasteiger partial charge in [0.15, 0.2) is 11.2 Å². The van der Waals surface area contributed by atoms with E-state index in [0.29, 0.717) is 15.6 Å². The highest BCUT2D eigenvalue weighted by molar-refractivity contribution is 7.27. The lowest BCUT2D eigenvalue weighted by atomic mass is 9.99. The molecule has 0 aliphatic heterocycles. The van der Waals surface area contributed by atoms with Gasteiger partial charge in [0.25, 0.3) is 0 Å². The zero-order valence-corrected chi connectivity index (χ0v) is 79.1. The summed E-state index contributed by atoms with van der Waals surface area (Å²) in [4.78, 5) is 9.37. The molecule has 14 heteroatoms. The van der Waals surface area contributed by atoms with Gasteiger partial charge in [-0.3, -0.25) is 0 Å². The van der Waals surface area contributed by atoms with Crippen LogP contribution in [0.25, 0.3) is 169 Å². The molecule has 0 aliphatic carbocycles. The summed E-state index contributed by atoms with van der Waals surface area (Å²) in [7, 11) is 0. The number of hydrogen-bond acceptors (Lipinski definition) is 10. The maximum Gasteiger partial charge on any atom is 0.154 e. The van der Waals surface area contributed by atoms with E-state index in [0.717, 1.165) is 159 Å². The van der Waals surface area contributed by atoms with Gasteiger partial charge >= 0.3 is 0 Å². The minimum absolute atomic E-state index is 0.615. The molecule has 0 saturated heterocycles. The van der Waals surface area contributed by atoms with Gasteiger partial charge in [0.1, 0.15) is 22.3 Å². The van der Waals surface area contributed by atoms with Crippen molar-refractivity contribution in [2.45, 2.75) is 0 Å². The second-order valence-corrected chi connectivity index (χ2v) is 38.9. The predicted molar refractivity (Wildman–Crippen MR) is 595 cm³/mol. The van der Waals surface area contributed by atoms with Crippen LogP contribution in [0.5, 0.6) is 0 Å². The van der Waals surface area contributed by atoms with Crippen LogP contribution in [-0.2, 0) is 0 Å². The number of hydrogen-bond donors (Lipinski definition) is 0. The van der Waals surface area contributed by atoms with Crippen LogP contribution in [0.15, 0.2) is 474 Å². The van der Waals surface area contributed by atoms with Gasteiger partial charge in [-0.05, 0) is 204 Å². The van der Waals surface area contributed by atoms with Gasteiger partial charge in [0, 0.05) is 155 Å². The standard InChI is InChI=1S/C36H20ClNO2S.C36H22ClNO.C28H18ClNS.C24H16ClNS/c37-30-9-5-8-26-28-19-22(13-16-33(28)40-36(26)30)38(21-12-15-32-27(18-21)24-6-1-3-10-31(24)39-32)23-14-17-35-29(20-23)25-7-2-4-11-34(25)41-35;37-31-21-24-12-5-7-17-27(24)34-30-22-33(28-18-8-9-19-29(28)35(30)39-36(31)34)38(25-14-2-1-3-15-25)32-20-10-13-23-11-4-6-16-26(23)32;29-23-15-8-18-26-27(23)22-14-7-17-25(28(22)31-26)30(20-11-2-1-3-12-20)24-16-6-10-19-9-4-5-13-21(19)24;25-20-14-8-16-22-23(20)19-13-7-15-21(24(19)27-22)26(17-9-3-1-4-10-17)18-11-5-2-6-12-18/h1-20H;1-22H;1-18H;1-16H. The maximum atomic E-state index is 6.81. The maximum absolute atomic E-state index is 6.81. The lowest BCUT2D eigenvalue weighted by Gasteiger charge is -2.28. The molecule has 28 aromatic rings. The largest absolute Gasteiger partial charge is 0.456 e. The smallest absolute Gasteiger partial charge is 0.154 e. The molecule has 656 valence electrons. The van der Waals surface area contributed by atoms with Crippen LogP contribution in [0.1, 0.15) is 0 Å². The van der Waals surface area contributed by atoms with Gasteiger partial charge in [-0.2, -0.15) is 0 Å². The predicted octanol–water partition coefficient (Wildman–Crippen LogP) is 40.7. The minimum atomic E-state index is 0.615. The average molecular weight is 1910 g/mol. The van der Waals surface area contributed by atoms with Gasteiger partial charge in [-0.15, -0.1) is 34.0 Å². The van der Waals surface area contributed by atoms with Crippen molar-refractivity contribution in [2.24, 2.45) is 0 Å². The van der Waals surface area contributed by atoms with E-state index in [-0.39, 0.29) is 0 Å². The number of furan rings is 3. The molecule has 22 aromatic carbocycles. The number of rotatable bonds is 12. The Morgan fingerprint density at radius 1 is 0.167 bits per heavy atom. The highest BCUT2D eigenvalue weighted by Crippen LogP contribution is 2.54. The number of nitrogens with zero attached hydrogens (tertiary/aromatic N) is 4. The lowest BCUT2D eigenvalue weighted by Crippen LogP contribution is -2.11. The van der Waals surface area contributed by atoms with Crippen LogP contribution in [0.4, 0.5) is 68.2 Å². The molecule has 0 N–H and O–H groups in total. The molecule has 28 rings (SSSR count). The van der Waals surface area contributed by atoms with Crippen LogP contribution in [0.2, 0.25) is 20.1 Å². The first-order valence-corrected chi connectivity index (χ1v) is 49.5. The van der Waals surface area contributed by atoms with Crippen LogP contribution < -0.4 is 19.6 Å². The molecular weight excluding hydrogens is 1830 g/mol. The Labute approximate surface area is 825 Å². The number of thiophene rings is 3. The first kappa shape index (κ1) is 84.1. The van der Waals surface area contributed by atoms with E-state index in [9.17, 15) is 0 Å². The molecule has 7 nitrogen and oxygen atoms in total. The summed E-state index contributed by atoms with van der Waals surface area (Å²) < 4.78 is 26.4. The first-order valence-electron chi connectivity index (χ1n) is 45.6. The highest BCUT2D eigenvalue weighted by Gasteiger charge is 2.28. The van der Waals surface area contributed by atoms with E-state index in [2.05, 4.69) is 402 Å². The molecule has 6 aromatic heterocycles. The summed E-state index contributed by atoms with van der Waals surface area (Å²) >= 11 is 31.9. The van der Waals surface area contributed by atoms with E-state index < -0.39 is 0 Å². The van der Waals surface area contributed by atoms with Crippen LogP contribution >= 0.6 is 80.4 Å². The Morgan fingerprint density at radius 2 is 0.551 bits per heavy atom. The summed E-state index contributed by atoms with van der Waals surface area (Å²) in [5, 5.41) is 25.6. The zero-order valence-electron chi connectivity index (χ0n) is 73.6. The lowest BCUT2D eigenvalue weighted by molar-refractivity contribution is 0.668. The van der Waals surface area contributed by atoms with E-state index in [4.69, 9.17) is 59.7 Å². The first-order chi connectivity index (χ1) is 68.1. The summed E-state index contributed by atoms with van der Waals surface area (Å²) in [5.41, 5.74) is 18.3. The number of anilines is 12. The molecule has 6 heterocycles. The summed E-state index contributed by atoms with van der Waals surface area (Å²) in [6.45, 7) is 0. The van der Waals surface area contributed by atoms with Crippen LogP contribution in [0, 0.1) is 0 Å². The average Bonchev–Trinajstić information content (AvgIpc) is 1.54. The minimum Gasteiger partial charge on any atom is -0.456 e. The van der Waals surface area contributed by atoms with Crippen molar-refractivity contribution in [3.05, 3.63) is 481 Å². The van der Waals surface area contributed by atoms with Gasteiger partial charge in [0.05, 0.1) is 47.9 Å². The van der Waals surface area contributed by atoms with Crippen molar-refractivity contribution < 1.29 is 13.3 Å². The number of halogens is 4. The molecule has 0 radical (unpaired) electrons. The molecule has 0 unspecified atom stereocenters. The number of para-hydroxylation sites is 6. The van der Waals surface area contributed by atoms with Crippen molar-refractivity contribution in [1.82, 2.24) is 0 Å². The fourth-order valence-electron chi connectivity index (χ4n) is 19.9. The monoisotopic (exact) mass is 1900 g/mol. The van der Waals surface area contributed by atoms with Crippen molar-refractivity contribution in [1.29, 1.82) is 0 Å². The third-order valence-corrected chi connectivity index (χ3v) is 30.8. The van der Waals surface area contributed by atoms with Gasteiger partial charge in [-0.25, -0.2) is 0 Å². The van der Waals surface area contributed by atoms with Crippen molar-refractivity contribution in [2.75, 3.05) is 19.6 Å². The summed E-state index contributed by atoms with van der Waals surface area (Å²) in [6.07, 6.45) is 0. The van der Waals surface area contributed by atoms with Crippen LogP contribution in [0.3, 0.4) is 0 Å². The second kappa shape index (κ2) is 35.5. The van der Waals surface area contributed by atoms with E-state index in [1.165, 1.54) is 82.7 Å². The SMILES string of the molecule is Clc1cc2ccccc2c2c1oc1c3ccccc3c(N(c3ccccc3)c3cccc4ccccc34)cc12.Clc1cccc2c1oc1ccc(N(c3ccc4oc5ccccc5c4c3)c3ccc4sc5ccccc5c4c3)cc12.Clc1cccc2sc3c(N(c4ccccc4)c4cccc5ccccc45)cccc3c12.Clc1cccc2sc3c(N(c4ccccc4)c4ccccc4)cccc3c12. The molecule has 138 heavy (non-hydrogen) atoms. The molecule has 0 atom stereocenters. The normalized spacial score (nSPS) is 11.6. The molecule has 0 fully saturated rings. The van der Waals surface area contributed by atoms with Gasteiger partial charge < -0.3 is 32.9 Å². The fourth-order valence-corrected chi connectivity index (χ4v) is 24.6. The van der Waals surface area contributed by atoms with Crippen molar-refractivity contribution >= 4 is 318 Å². The molecular formula is C124H76Cl4N4O3S3. The third kappa shape index (κ3) is 14.9. The molecule has 0 amide bonds. The summed E-state index contributed by atoms with van der Waals surface area (Å²) in [6, 6.07) is 161. The fraction of sp³-hybridized carbons (Fsp3) is 0. The third-order valence-electron chi connectivity index (χ3n) is 26.0. The quantitative estimate of drug-likeness (QED) is 0.121. The summed E-state index contributed by atoms with van der Waals surface area (Å²) in [5.74, 6) is 0. The van der Waals surface area contributed by atoms with Gasteiger partial charge in [0.2, 0.25) is 0 Å². The highest BCUT2D eigenvalue weighted by atomic mass is 35.5. The Kier molecular flexibility index (Phi) is 21.6. The van der Waals surface area contributed by atoms with Gasteiger partial charge in [-0.1, -0.05) is 325 Å². The topological polar surface area (TPSA) is 52.4 Å². The molecule has 0 spiro atoms. The Hall–Kier alpha value is -15.7. The zero-order chi connectivity index (χ0) is 92.0. The number of benzene rings is 22. The Morgan fingerprint density at radius 3 is 1.14 bits per heavy atom. The van der Waals surface area contributed by atoms with E-state index in [1.54, 1.807) is 22.7 Å². The van der Waals surface area contributed by atoms with E-state index in [1.807, 2.05) is 90.2 Å². The van der Waals surface area contributed by atoms with Crippen molar-refractivity contribution in [3.8, 4) is 0 Å². The Bertz CT molecular complexity index is 9450. The second-order valence-electron chi connectivity index (χ2n) is 34.1. The molecule has 0 saturated carbocycles. The molecule has 0 aliphatic rings. The molecule has 0 bridgehead atoms. The van der Waals surface area contributed by atoms with E-state index >= 15 is 0 Å². The number of fused-ring (bicyclic) bond motifs is 24.